The molecule has 1 aliphatic heterocycles. The van der Waals surface area contributed by atoms with Crippen molar-refractivity contribution in [2.45, 2.75) is 45.6 Å². The standard InChI is InChI=1S/C17H24N4O/c1-12-10-13(2)20-16-15(12)17(19-11-18-16)21(3)8-7-14-6-4-5-9-22-14/h10-11,14H,4-9H2,1-3H3. The summed E-state index contributed by atoms with van der Waals surface area (Å²) in [5.74, 6) is 0.964. The number of aryl methyl sites for hydroxylation is 2. The zero-order valence-corrected chi connectivity index (χ0v) is 13.7. The molecule has 0 amide bonds. The van der Waals surface area contributed by atoms with Crippen molar-refractivity contribution in [3.8, 4) is 0 Å². The van der Waals surface area contributed by atoms with Crippen molar-refractivity contribution in [3.63, 3.8) is 0 Å². The molecule has 0 spiro atoms. The summed E-state index contributed by atoms with van der Waals surface area (Å²) in [5, 5.41) is 1.06. The SMILES string of the molecule is Cc1cc(C)c2c(N(C)CCC3CCCCO3)ncnc2n1. The van der Waals surface area contributed by atoms with Gasteiger partial charge in [-0.05, 0) is 51.2 Å². The molecule has 0 saturated carbocycles. The summed E-state index contributed by atoms with van der Waals surface area (Å²) < 4.78 is 5.82. The first-order valence-electron chi connectivity index (χ1n) is 8.07. The number of aromatic nitrogens is 3. The predicted octanol–water partition coefficient (Wildman–Crippen LogP) is 3.04. The molecule has 5 heteroatoms. The van der Waals surface area contributed by atoms with E-state index < -0.39 is 0 Å². The minimum atomic E-state index is 0.394. The summed E-state index contributed by atoms with van der Waals surface area (Å²) in [6.07, 6.45) is 6.71. The largest absolute Gasteiger partial charge is 0.378 e. The van der Waals surface area contributed by atoms with Gasteiger partial charge >= 0.3 is 0 Å². The lowest BCUT2D eigenvalue weighted by molar-refractivity contribution is 0.0127. The molecule has 3 rings (SSSR count). The van der Waals surface area contributed by atoms with E-state index in [1.807, 2.05) is 6.92 Å². The number of anilines is 1. The van der Waals surface area contributed by atoms with Crippen LogP contribution >= 0.6 is 0 Å². The number of ether oxygens (including phenoxy) is 1. The summed E-state index contributed by atoms with van der Waals surface area (Å²) in [5.41, 5.74) is 2.95. The Morgan fingerprint density at radius 3 is 2.91 bits per heavy atom. The molecule has 1 aliphatic rings. The van der Waals surface area contributed by atoms with Gasteiger partial charge in [0.25, 0.3) is 0 Å². The van der Waals surface area contributed by atoms with Gasteiger partial charge in [0.15, 0.2) is 5.65 Å². The van der Waals surface area contributed by atoms with E-state index in [1.54, 1.807) is 6.33 Å². The summed E-state index contributed by atoms with van der Waals surface area (Å²) in [6, 6.07) is 2.09. The van der Waals surface area contributed by atoms with Crippen LogP contribution in [0.5, 0.6) is 0 Å². The van der Waals surface area contributed by atoms with E-state index in [2.05, 4.69) is 39.9 Å². The van der Waals surface area contributed by atoms with E-state index in [0.717, 1.165) is 42.1 Å². The zero-order chi connectivity index (χ0) is 15.5. The highest BCUT2D eigenvalue weighted by molar-refractivity contribution is 5.89. The first kappa shape index (κ1) is 15.2. The van der Waals surface area contributed by atoms with Crippen LogP contribution in [0.4, 0.5) is 5.82 Å². The van der Waals surface area contributed by atoms with E-state index in [9.17, 15) is 0 Å². The van der Waals surface area contributed by atoms with E-state index in [-0.39, 0.29) is 0 Å². The Morgan fingerprint density at radius 1 is 1.27 bits per heavy atom. The average molecular weight is 300 g/mol. The molecular weight excluding hydrogens is 276 g/mol. The topological polar surface area (TPSA) is 51.1 Å². The van der Waals surface area contributed by atoms with Gasteiger partial charge in [-0.25, -0.2) is 15.0 Å². The highest BCUT2D eigenvalue weighted by Gasteiger charge is 2.17. The third-order valence-electron chi connectivity index (χ3n) is 4.33. The van der Waals surface area contributed by atoms with Crippen molar-refractivity contribution in [2.24, 2.45) is 0 Å². The molecule has 22 heavy (non-hydrogen) atoms. The van der Waals surface area contributed by atoms with Crippen LogP contribution in [0.3, 0.4) is 0 Å². The third kappa shape index (κ3) is 3.19. The number of rotatable bonds is 4. The van der Waals surface area contributed by atoms with Crippen LogP contribution in [-0.2, 0) is 4.74 Å². The van der Waals surface area contributed by atoms with E-state index in [0.29, 0.717) is 6.10 Å². The Bertz CT molecular complexity index is 652. The second-order valence-corrected chi connectivity index (χ2v) is 6.18. The molecule has 0 radical (unpaired) electrons. The second kappa shape index (κ2) is 6.57. The zero-order valence-electron chi connectivity index (χ0n) is 13.7. The Labute approximate surface area is 131 Å². The van der Waals surface area contributed by atoms with Crippen LogP contribution in [-0.4, -0.2) is 41.3 Å². The lowest BCUT2D eigenvalue weighted by Gasteiger charge is -2.26. The summed E-state index contributed by atoms with van der Waals surface area (Å²) >= 11 is 0. The molecular formula is C17H24N4O. The van der Waals surface area contributed by atoms with Crippen LogP contribution in [0, 0.1) is 13.8 Å². The van der Waals surface area contributed by atoms with Crippen molar-refractivity contribution < 1.29 is 4.74 Å². The third-order valence-corrected chi connectivity index (χ3v) is 4.33. The normalized spacial score (nSPS) is 18.6. The van der Waals surface area contributed by atoms with Gasteiger partial charge in [-0.1, -0.05) is 0 Å². The van der Waals surface area contributed by atoms with Crippen molar-refractivity contribution in [3.05, 3.63) is 23.7 Å². The van der Waals surface area contributed by atoms with Gasteiger partial charge in [-0.15, -0.1) is 0 Å². The first-order chi connectivity index (χ1) is 10.6. The fourth-order valence-electron chi connectivity index (χ4n) is 3.16. The lowest BCUT2D eigenvalue weighted by atomic mass is 10.1. The second-order valence-electron chi connectivity index (χ2n) is 6.18. The lowest BCUT2D eigenvalue weighted by Crippen LogP contribution is -2.27. The maximum atomic E-state index is 5.82. The molecule has 2 aromatic heterocycles. The van der Waals surface area contributed by atoms with Crippen molar-refractivity contribution >= 4 is 16.9 Å². The monoisotopic (exact) mass is 300 g/mol. The summed E-state index contributed by atoms with van der Waals surface area (Å²) in [6.45, 7) is 5.94. The fraction of sp³-hybridized carbons (Fsp3) is 0.588. The molecule has 0 N–H and O–H groups in total. The number of nitrogens with zero attached hydrogens (tertiary/aromatic N) is 4. The average Bonchev–Trinajstić information content (AvgIpc) is 2.52. The van der Waals surface area contributed by atoms with Gasteiger partial charge in [-0.3, -0.25) is 0 Å². The summed E-state index contributed by atoms with van der Waals surface area (Å²) in [4.78, 5) is 15.5. The Kier molecular flexibility index (Phi) is 4.52. The van der Waals surface area contributed by atoms with Gasteiger partial charge < -0.3 is 9.64 Å². The highest BCUT2D eigenvalue weighted by atomic mass is 16.5. The minimum absolute atomic E-state index is 0.394. The van der Waals surface area contributed by atoms with Gasteiger partial charge in [0.2, 0.25) is 0 Å². The van der Waals surface area contributed by atoms with Crippen molar-refractivity contribution in [1.29, 1.82) is 0 Å². The number of hydrogen-bond acceptors (Lipinski definition) is 5. The Balaban J connectivity index is 1.79. The Hall–Kier alpha value is -1.75. The van der Waals surface area contributed by atoms with Gasteiger partial charge in [0, 0.05) is 25.9 Å². The molecule has 0 aromatic carbocycles. The molecule has 1 unspecified atom stereocenters. The molecule has 1 fully saturated rings. The quantitative estimate of drug-likeness (QED) is 0.868. The molecule has 2 aromatic rings. The number of hydrogen-bond donors (Lipinski definition) is 0. The maximum absolute atomic E-state index is 5.82. The molecule has 118 valence electrons. The molecule has 1 atom stereocenters. The molecule has 0 aliphatic carbocycles. The molecule has 0 bridgehead atoms. The van der Waals surface area contributed by atoms with Crippen molar-refractivity contribution in [1.82, 2.24) is 15.0 Å². The minimum Gasteiger partial charge on any atom is -0.378 e. The van der Waals surface area contributed by atoms with Crippen LogP contribution < -0.4 is 4.90 Å². The number of pyridine rings is 1. The van der Waals surface area contributed by atoms with Gasteiger partial charge in [-0.2, -0.15) is 0 Å². The highest BCUT2D eigenvalue weighted by Crippen LogP contribution is 2.25. The van der Waals surface area contributed by atoms with Crippen LogP contribution in [0.2, 0.25) is 0 Å². The predicted molar refractivity (Wildman–Crippen MR) is 88.3 cm³/mol. The van der Waals surface area contributed by atoms with E-state index in [1.165, 1.54) is 24.8 Å². The fourth-order valence-corrected chi connectivity index (χ4v) is 3.16. The van der Waals surface area contributed by atoms with Gasteiger partial charge in [0.1, 0.15) is 12.1 Å². The van der Waals surface area contributed by atoms with Crippen LogP contribution in [0.25, 0.3) is 11.0 Å². The van der Waals surface area contributed by atoms with Crippen LogP contribution in [0.15, 0.2) is 12.4 Å². The van der Waals surface area contributed by atoms with Crippen molar-refractivity contribution in [2.75, 3.05) is 25.1 Å². The molecule has 3 heterocycles. The Morgan fingerprint density at radius 2 is 2.14 bits per heavy atom. The molecule has 5 nitrogen and oxygen atoms in total. The first-order valence-corrected chi connectivity index (χ1v) is 8.07. The summed E-state index contributed by atoms with van der Waals surface area (Å²) in [7, 11) is 2.09. The van der Waals surface area contributed by atoms with Crippen LogP contribution in [0.1, 0.15) is 36.9 Å². The number of fused-ring (bicyclic) bond motifs is 1. The van der Waals surface area contributed by atoms with Gasteiger partial charge in [0.05, 0.1) is 11.5 Å². The smallest absolute Gasteiger partial charge is 0.165 e. The molecule has 1 saturated heterocycles. The van der Waals surface area contributed by atoms with E-state index >= 15 is 0 Å². The maximum Gasteiger partial charge on any atom is 0.165 e. The van der Waals surface area contributed by atoms with E-state index in [4.69, 9.17) is 4.74 Å².